The van der Waals surface area contributed by atoms with Crippen LogP contribution in [0.15, 0.2) is 74.1 Å². The maximum Gasteiger partial charge on any atom is 0.127 e. The Balaban J connectivity index is 0.000000314. The van der Waals surface area contributed by atoms with Crippen molar-refractivity contribution >= 4 is 5.57 Å². The summed E-state index contributed by atoms with van der Waals surface area (Å²) in [6.07, 6.45) is 8.40. The lowest BCUT2D eigenvalue weighted by Gasteiger charge is -2.12. The summed E-state index contributed by atoms with van der Waals surface area (Å²) in [5.74, 6) is 0.157. The fourth-order valence-corrected chi connectivity index (χ4v) is 2.35. The van der Waals surface area contributed by atoms with E-state index in [1.807, 2.05) is 25.4 Å². The number of rotatable bonds is 7. The van der Waals surface area contributed by atoms with Crippen molar-refractivity contribution in [3.63, 3.8) is 0 Å². The second-order valence-corrected chi connectivity index (χ2v) is 5.98. The molecule has 2 rings (SSSR count). The molecule has 3 N–H and O–H groups in total. The van der Waals surface area contributed by atoms with Gasteiger partial charge < -0.3 is 20.2 Å². The number of hydrogen-bond acceptors (Lipinski definition) is 4. The van der Waals surface area contributed by atoms with Gasteiger partial charge in [-0.15, -0.1) is 0 Å². The van der Waals surface area contributed by atoms with Crippen molar-refractivity contribution in [2.45, 2.75) is 26.7 Å². The first-order valence-electron chi connectivity index (χ1n) is 8.94. The quantitative estimate of drug-likeness (QED) is 0.593. The van der Waals surface area contributed by atoms with E-state index in [4.69, 9.17) is 0 Å². The fraction of sp³-hybridized carbons (Fsp3) is 0.217. The molecule has 0 amide bonds. The summed E-state index contributed by atoms with van der Waals surface area (Å²) in [5, 5.41) is 28.1. The van der Waals surface area contributed by atoms with Crippen molar-refractivity contribution in [2.24, 2.45) is 0 Å². The first kappa shape index (κ1) is 21.9. The third-order valence-electron chi connectivity index (χ3n) is 3.87. The molecule has 27 heavy (non-hydrogen) atoms. The Morgan fingerprint density at radius 3 is 2.19 bits per heavy atom. The number of aromatic hydroxyl groups is 3. The van der Waals surface area contributed by atoms with Crippen molar-refractivity contribution < 1.29 is 15.3 Å². The largest absolute Gasteiger partial charge is 0.508 e. The van der Waals surface area contributed by atoms with Crippen LogP contribution < -0.4 is 0 Å². The summed E-state index contributed by atoms with van der Waals surface area (Å²) in [4.78, 5) is 2.10. The molecule has 0 aliphatic carbocycles. The van der Waals surface area contributed by atoms with Crippen LogP contribution in [-0.4, -0.2) is 26.8 Å². The Hall–Kier alpha value is -3.14. The molecule has 2 aromatic carbocycles. The average molecular weight is 367 g/mol. The number of phenolic OH excluding ortho intramolecular Hbond substituents is 3. The Morgan fingerprint density at radius 2 is 1.67 bits per heavy atom. The van der Waals surface area contributed by atoms with Gasteiger partial charge >= 0.3 is 0 Å². The molecule has 0 unspecified atom stereocenters. The van der Waals surface area contributed by atoms with E-state index in [-0.39, 0.29) is 17.2 Å². The van der Waals surface area contributed by atoms with Crippen molar-refractivity contribution in [3.05, 3.63) is 85.2 Å². The van der Waals surface area contributed by atoms with Gasteiger partial charge in [-0.25, -0.2) is 0 Å². The molecule has 4 nitrogen and oxygen atoms in total. The minimum atomic E-state index is -0.0249. The van der Waals surface area contributed by atoms with Crippen LogP contribution in [0.1, 0.15) is 37.8 Å². The summed E-state index contributed by atoms with van der Waals surface area (Å²) in [6, 6.07) is 10.9. The smallest absolute Gasteiger partial charge is 0.127 e. The molecule has 0 atom stereocenters. The highest BCUT2D eigenvalue weighted by Gasteiger charge is 2.08. The molecule has 4 heteroatoms. The molecular weight excluding hydrogens is 338 g/mol. The van der Waals surface area contributed by atoms with Crippen molar-refractivity contribution in [1.82, 2.24) is 4.90 Å². The Kier molecular flexibility index (Phi) is 9.30. The maximum absolute atomic E-state index is 9.71. The zero-order valence-electron chi connectivity index (χ0n) is 16.1. The van der Waals surface area contributed by atoms with Gasteiger partial charge in [0.15, 0.2) is 0 Å². The highest BCUT2D eigenvalue weighted by atomic mass is 16.3. The van der Waals surface area contributed by atoms with E-state index in [0.29, 0.717) is 11.1 Å². The van der Waals surface area contributed by atoms with Crippen molar-refractivity contribution in [2.75, 3.05) is 6.54 Å². The lowest BCUT2D eigenvalue weighted by atomic mass is 9.98. The molecule has 0 heterocycles. The normalized spacial score (nSPS) is 10.1. The highest BCUT2D eigenvalue weighted by Crippen LogP contribution is 2.32. The van der Waals surface area contributed by atoms with Gasteiger partial charge in [-0.1, -0.05) is 44.7 Å². The Labute approximate surface area is 162 Å². The highest BCUT2D eigenvalue weighted by molar-refractivity contribution is 5.81. The molecule has 0 bridgehead atoms. The minimum absolute atomic E-state index is 0.00440. The molecule has 0 spiro atoms. The molecule has 144 valence electrons. The monoisotopic (exact) mass is 367 g/mol. The summed E-state index contributed by atoms with van der Waals surface area (Å²) in [7, 11) is 0. The van der Waals surface area contributed by atoms with Crippen LogP contribution in [-0.2, 0) is 0 Å². The predicted octanol–water partition coefficient (Wildman–Crippen LogP) is 5.63. The Bertz CT molecular complexity index is 764. The fourth-order valence-electron chi connectivity index (χ4n) is 2.35. The van der Waals surface area contributed by atoms with Crippen LogP contribution in [0.3, 0.4) is 0 Å². The van der Waals surface area contributed by atoms with Crippen molar-refractivity contribution in [3.8, 4) is 17.2 Å². The molecule has 0 aliphatic rings. The van der Waals surface area contributed by atoms with E-state index in [1.54, 1.807) is 30.3 Å². The summed E-state index contributed by atoms with van der Waals surface area (Å²) < 4.78 is 0. The van der Waals surface area contributed by atoms with Gasteiger partial charge in [0.2, 0.25) is 0 Å². The van der Waals surface area contributed by atoms with E-state index in [0.717, 1.165) is 12.1 Å². The van der Waals surface area contributed by atoms with E-state index in [2.05, 4.69) is 25.0 Å². The molecule has 0 saturated heterocycles. The van der Waals surface area contributed by atoms with Crippen LogP contribution in [0.2, 0.25) is 0 Å². The lowest BCUT2D eigenvalue weighted by molar-refractivity contribution is 0.449. The summed E-state index contributed by atoms with van der Waals surface area (Å²) in [6.45, 7) is 12.9. The number of nitrogens with zero attached hydrogens (tertiary/aromatic N) is 1. The van der Waals surface area contributed by atoms with Crippen molar-refractivity contribution in [1.29, 1.82) is 0 Å². The van der Waals surface area contributed by atoms with Gasteiger partial charge in [0.05, 0.1) is 0 Å². The number of unbranched alkanes of at least 4 members (excludes halogenated alkanes) is 1. The van der Waals surface area contributed by atoms with Crippen LogP contribution in [0.25, 0.3) is 5.57 Å². The number of phenols is 3. The van der Waals surface area contributed by atoms with Gasteiger partial charge in [-0.05, 0) is 61.1 Å². The van der Waals surface area contributed by atoms with Crippen LogP contribution in [0.4, 0.5) is 0 Å². The molecule has 0 aliphatic heterocycles. The summed E-state index contributed by atoms with van der Waals surface area (Å²) in [5.41, 5.74) is 1.97. The van der Waals surface area contributed by atoms with Gasteiger partial charge in [0, 0.05) is 18.2 Å². The second kappa shape index (κ2) is 11.5. The zero-order valence-corrected chi connectivity index (χ0v) is 16.1. The van der Waals surface area contributed by atoms with Crippen LogP contribution in [0.5, 0.6) is 17.2 Å². The molecule has 0 radical (unpaired) electrons. The van der Waals surface area contributed by atoms with Gasteiger partial charge in [-0.3, -0.25) is 0 Å². The van der Waals surface area contributed by atoms with Crippen LogP contribution in [0, 0.1) is 0 Å². The van der Waals surface area contributed by atoms with E-state index in [9.17, 15) is 15.3 Å². The maximum atomic E-state index is 9.71. The SMILES string of the molecule is C=C(c1ccc(O)cc1)c1ccc(O)cc1O.C=CN(/C=C\C)CCCC. The van der Waals surface area contributed by atoms with Crippen LogP contribution >= 0.6 is 0 Å². The van der Waals surface area contributed by atoms with E-state index < -0.39 is 0 Å². The van der Waals surface area contributed by atoms with E-state index >= 15 is 0 Å². The average Bonchev–Trinajstić information content (AvgIpc) is 2.66. The molecule has 0 saturated carbocycles. The third kappa shape index (κ3) is 7.32. The first-order valence-corrected chi connectivity index (χ1v) is 8.94. The molecular formula is C23H29NO3. The molecule has 0 fully saturated rings. The first-order chi connectivity index (χ1) is 12.9. The second-order valence-electron chi connectivity index (χ2n) is 5.98. The Morgan fingerprint density at radius 1 is 1.04 bits per heavy atom. The predicted molar refractivity (Wildman–Crippen MR) is 113 cm³/mol. The molecule has 0 aromatic heterocycles. The standard InChI is InChI=1S/C14H12O3.C9H17N/c1-9(10-2-4-11(15)5-3-10)13-7-6-12(16)8-14(13)17;1-4-7-9-10(6-3)8-5-2/h2-8,15-17H,1H2;5-6,8H,3-4,7,9H2,1-2H3/b;8-5-. The molecule has 2 aromatic rings. The van der Waals surface area contributed by atoms with Gasteiger partial charge in [0.1, 0.15) is 17.2 Å². The summed E-state index contributed by atoms with van der Waals surface area (Å²) >= 11 is 0. The zero-order chi connectivity index (χ0) is 20.2. The number of hydrogen-bond donors (Lipinski definition) is 3. The van der Waals surface area contributed by atoms with Gasteiger partial charge in [0.25, 0.3) is 0 Å². The third-order valence-corrected chi connectivity index (χ3v) is 3.87. The van der Waals surface area contributed by atoms with Gasteiger partial charge in [-0.2, -0.15) is 0 Å². The van der Waals surface area contributed by atoms with E-state index in [1.165, 1.54) is 25.0 Å². The minimum Gasteiger partial charge on any atom is -0.508 e. The number of benzene rings is 2. The lowest BCUT2D eigenvalue weighted by Crippen LogP contribution is -2.09. The topological polar surface area (TPSA) is 63.9 Å². The number of allylic oxidation sites excluding steroid dienone is 1.